The van der Waals surface area contributed by atoms with Gasteiger partial charge in [-0.25, -0.2) is 4.98 Å². The minimum Gasteiger partial charge on any atom is -0.436 e. The predicted octanol–water partition coefficient (Wildman–Crippen LogP) is 2.56. The van der Waals surface area contributed by atoms with E-state index in [1.54, 1.807) is 36.5 Å². The van der Waals surface area contributed by atoms with Crippen LogP contribution in [0.1, 0.15) is 23.2 Å². The average molecular weight is 325 g/mol. The first-order valence-electron chi connectivity index (χ1n) is 7.71. The molecule has 0 radical (unpaired) electrons. The van der Waals surface area contributed by atoms with Gasteiger partial charge >= 0.3 is 0 Å². The third-order valence-corrected chi connectivity index (χ3v) is 3.94. The number of hydrogen-bond acceptors (Lipinski definition) is 5. The van der Waals surface area contributed by atoms with Gasteiger partial charge in [-0.15, -0.1) is 0 Å². The standard InChI is InChI=1S/C17H15N3O4/c21-15-11-9-10(19-16(22)14-4-2-8-23-14)5-6-13(11)24-17-12(20-15)3-1-7-18-17/h1,3,5-7,9,14H,2,4,8H2,(H,19,22)(H,20,21)/t14-/m0/s1. The van der Waals surface area contributed by atoms with E-state index in [-0.39, 0.29) is 11.8 Å². The van der Waals surface area contributed by atoms with Crippen molar-refractivity contribution in [1.29, 1.82) is 0 Å². The van der Waals surface area contributed by atoms with E-state index < -0.39 is 6.10 Å². The second kappa shape index (κ2) is 5.93. The Labute approximate surface area is 138 Å². The van der Waals surface area contributed by atoms with Crippen molar-refractivity contribution in [2.75, 3.05) is 17.2 Å². The Morgan fingerprint density at radius 2 is 2.25 bits per heavy atom. The van der Waals surface area contributed by atoms with Gasteiger partial charge < -0.3 is 20.1 Å². The third kappa shape index (κ3) is 2.69. The van der Waals surface area contributed by atoms with E-state index in [2.05, 4.69) is 15.6 Å². The fourth-order valence-corrected chi connectivity index (χ4v) is 2.74. The number of hydrogen-bond donors (Lipinski definition) is 2. The van der Waals surface area contributed by atoms with Crippen molar-refractivity contribution < 1.29 is 19.1 Å². The van der Waals surface area contributed by atoms with Gasteiger partial charge in [-0.05, 0) is 43.2 Å². The van der Waals surface area contributed by atoms with Crippen molar-refractivity contribution in [2.45, 2.75) is 18.9 Å². The molecule has 122 valence electrons. The molecule has 1 saturated heterocycles. The molecule has 2 amide bonds. The number of benzene rings is 1. The van der Waals surface area contributed by atoms with Crippen LogP contribution in [0.5, 0.6) is 11.6 Å². The van der Waals surface area contributed by atoms with Gasteiger partial charge in [-0.1, -0.05) is 0 Å². The Bertz CT molecular complexity index is 815. The van der Waals surface area contributed by atoms with Crippen LogP contribution in [-0.2, 0) is 9.53 Å². The normalized spacial score (nSPS) is 18.7. The molecule has 0 saturated carbocycles. The topological polar surface area (TPSA) is 89.5 Å². The number of nitrogens with zero attached hydrogens (tertiary/aromatic N) is 1. The molecule has 2 aliphatic rings. The Morgan fingerprint density at radius 1 is 1.33 bits per heavy atom. The van der Waals surface area contributed by atoms with Crippen LogP contribution in [0.3, 0.4) is 0 Å². The molecule has 2 aromatic rings. The number of fused-ring (bicyclic) bond motifs is 2. The van der Waals surface area contributed by atoms with E-state index in [0.717, 1.165) is 6.42 Å². The predicted molar refractivity (Wildman–Crippen MR) is 86.3 cm³/mol. The summed E-state index contributed by atoms with van der Waals surface area (Å²) in [5.74, 6) is 0.207. The average Bonchev–Trinajstić information content (AvgIpc) is 3.08. The number of pyridine rings is 1. The molecular formula is C17H15N3O4. The van der Waals surface area contributed by atoms with Crippen molar-refractivity contribution in [3.63, 3.8) is 0 Å². The number of ether oxygens (including phenoxy) is 2. The Kier molecular flexibility index (Phi) is 3.62. The van der Waals surface area contributed by atoms with Crippen LogP contribution in [0.2, 0.25) is 0 Å². The van der Waals surface area contributed by atoms with Gasteiger partial charge in [-0.2, -0.15) is 0 Å². The maximum Gasteiger partial charge on any atom is 0.259 e. The molecule has 3 heterocycles. The van der Waals surface area contributed by atoms with Gasteiger partial charge in [0.25, 0.3) is 11.8 Å². The lowest BCUT2D eigenvalue weighted by Gasteiger charge is -2.12. The summed E-state index contributed by atoms with van der Waals surface area (Å²) >= 11 is 0. The summed E-state index contributed by atoms with van der Waals surface area (Å²) in [5, 5.41) is 5.53. The fourth-order valence-electron chi connectivity index (χ4n) is 2.74. The van der Waals surface area contributed by atoms with Crippen molar-refractivity contribution in [2.24, 2.45) is 0 Å². The fraction of sp³-hybridized carbons (Fsp3) is 0.235. The lowest BCUT2D eigenvalue weighted by molar-refractivity contribution is -0.124. The van der Waals surface area contributed by atoms with E-state index in [9.17, 15) is 9.59 Å². The largest absolute Gasteiger partial charge is 0.436 e. The zero-order valence-electron chi connectivity index (χ0n) is 12.7. The van der Waals surface area contributed by atoms with Gasteiger partial charge in [0.2, 0.25) is 5.88 Å². The highest BCUT2D eigenvalue weighted by Gasteiger charge is 2.25. The maximum atomic E-state index is 12.4. The molecule has 4 rings (SSSR count). The first-order valence-corrected chi connectivity index (χ1v) is 7.71. The van der Waals surface area contributed by atoms with Gasteiger partial charge in [0, 0.05) is 18.5 Å². The van der Waals surface area contributed by atoms with Crippen molar-refractivity contribution >= 4 is 23.2 Å². The lowest BCUT2D eigenvalue weighted by Crippen LogP contribution is -2.27. The molecular weight excluding hydrogens is 310 g/mol. The maximum absolute atomic E-state index is 12.4. The van der Waals surface area contributed by atoms with Crippen LogP contribution in [0, 0.1) is 0 Å². The molecule has 2 N–H and O–H groups in total. The molecule has 0 spiro atoms. The zero-order chi connectivity index (χ0) is 16.5. The quantitative estimate of drug-likeness (QED) is 0.886. The Hall–Kier alpha value is -2.93. The summed E-state index contributed by atoms with van der Waals surface area (Å²) in [5.41, 5.74) is 1.36. The lowest BCUT2D eigenvalue weighted by atomic mass is 10.1. The van der Waals surface area contributed by atoms with E-state index in [0.29, 0.717) is 41.6 Å². The van der Waals surface area contributed by atoms with Crippen LogP contribution in [0.4, 0.5) is 11.4 Å². The van der Waals surface area contributed by atoms with E-state index >= 15 is 0 Å². The molecule has 1 aromatic heterocycles. The Morgan fingerprint density at radius 3 is 3.08 bits per heavy atom. The van der Waals surface area contributed by atoms with Gasteiger partial charge in [-0.3, -0.25) is 9.59 Å². The van der Waals surface area contributed by atoms with Gasteiger partial charge in [0.05, 0.1) is 5.56 Å². The number of carbonyl (C=O) groups is 2. The van der Waals surface area contributed by atoms with Crippen LogP contribution < -0.4 is 15.4 Å². The van der Waals surface area contributed by atoms with E-state index in [4.69, 9.17) is 9.47 Å². The first-order chi connectivity index (χ1) is 11.7. The monoisotopic (exact) mass is 325 g/mol. The molecule has 1 atom stereocenters. The number of anilines is 2. The van der Waals surface area contributed by atoms with E-state index in [1.165, 1.54) is 0 Å². The summed E-state index contributed by atoms with van der Waals surface area (Å²) < 4.78 is 11.1. The number of rotatable bonds is 2. The summed E-state index contributed by atoms with van der Waals surface area (Å²) in [6, 6.07) is 8.35. The molecule has 2 aliphatic heterocycles. The summed E-state index contributed by atoms with van der Waals surface area (Å²) in [7, 11) is 0. The Balaban J connectivity index is 1.60. The number of aromatic nitrogens is 1. The molecule has 0 unspecified atom stereocenters. The van der Waals surface area contributed by atoms with Crippen LogP contribution in [0.25, 0.3) is 0 Å². The first kappa shape index (κ1) is 14.6. The second-order valence-electron chi connectivity index (χ2n) is 5.61. The second-order valence-corrected chi connectivity index (χ2v) is 5.61. The van der Waals surface area contributed by atoms with Crippen LogP contribution in [-0.4, -0.2) is 29.5 Å². The summed E-state index contributed by atoms with van der Waals surface area (Å²) in [6.45, 7) is 0.601. The van der Waals surface area contributed by atoms with Gasteiger partial charge in [0.15, 0.2) is 0 Å². The number of nitrogens with one attached hydrogen (secondary N) is 2. The minimum absolute atomic E-state index is 0.202. The highest BCUT2D eigenvalue weighted by atomic mass is 16.5. The van der Waals surface area contributed by atoms with Crippen molar-refractivity contribution in [3.8, 4) is 11.6 Å². The number of amides is 2. The molecule has 0 aliphatic carbocycles. The molecule has 7 heteroatoms. The highest BCUT2D eigenvalue weighted by Crippen LogP contribution is 2.34. The van der Waals surface area contributed by atoms with Gasteiger partial charge in [0.1, 0.15) is 17.5 Å². The van der Waals surface area contributed by atoms with Crippen molar-refractivity contribution in [1.82, 2.24) is 4.98 Å². The minimum atomic E-state index is -0.428. The molecule has 1 fully saturated rings. The van der Waals surface area contributed by atoms with Crippen molar-refractivity contribution in [3.05, 3.63) is 42.1 Å². The zero-order valence-corrected chi connectivity index (χ0v) is 12.7. The van der Waals surface area contributed by atoms with Crippen LogP contribution >= 0.6 is 0 Å². The smallest absolute Gasteiger partial charge is 0.259 e. The summed E-state index contributed by atoms with van der Waals surface area (Å²) in [4.78, 5) is 28.7. The highest BCUT2D eigenvalue weighted by molar-refractivity contribution is 6.08. The number of carbonyl (C=O) groups excluding carboxylic acids is 2. The molecule has 24 heavy (non-hydrogen) atoms. The van der Waals surface area contributed by atoms with E-state index in [1.807, 2.05) is 0 Å². The third-order valence-electron chi connectivity index (χ3n) is 3.94. The molecule has 0 bridgehead atoms. The molecule has 7 nitrogen and oxygen atoms in total. The van der Waals surface area contributed by atoms with Crippen LogP contribution in [0.15, 0.2) is 36.5 Å². The molecule has 1 aromatic carbocycles. The summed E-state index contributed by atoms with van der Waals surface area (Å²) in [6.07, 6.45) is 2.75. The SMILES string of the molecule is O=C1Nc2cccnc2Oc2ccc(NC(=O)[C@@H]3CCCO3)cc21.